The molecule has 2 heterocycles. The highest BCUT2D eigenvalue weighted by Gasteiger charge is 2.31. The molecule has 5 aromatic rings. The van der Waals surface area contributed by atoms with E-state index in [-0.39, 0.29) is 12.3 Å². The van der Waals surface area contributed by atoms with Crippen molar-refractivity contribution in [1.29, 1.82) is 0 Å². The number of nitrogens with one attached hydrogen (secondary N) is 2. The van der Waals surface area contributed by atoms with E-state index in [4.69, 9.17) is 10.5 Å². The molecule has 0 atom stereocenters. The lowest BCUT2D eigenvalue weighted by Crippen LogP contribution is -2.20. The van der Waals surface area contributed by atoms with Crippen molar-refractivity contribution in [2.75, 3.05) is 16.4 Å². The number of carbonyl (C=O) groups excluding carboxylic acids is 1. The molecule has 0 saturated carbocycles. The molecule has 0 aliphatic carbocycles. The van der Waals surface area contributed by atoms with Gasteiger partial charge in [0.1, 0.15) is 35.1 Å². The number of thiophene rings is 1. The third-order valence-electron chi connectivity index (χ3n) is 5.71. The Kier molecular flexibility index (Phi) is 7.03. The molecule has 7 nitrogen and oxygen atoms in total. The van der Waals surface area contributed by atoms with E-state index in [1.807, 2.05) is 35.7 Å². The standard InChI is InChI=1S/C27H19F4N5O2S/c28-20-9-6-16(27(29,30)31)10-21(20)36-26(37)35-17-7-8-18(19-13-39-25-23(19)24(32)33-14-34-25)22(11-17)38-12-15-4-2-1-3-5-15/h1-11,13-14H,12H2,(H2,32,33,34)(H2,35,36,37). The Bertz CT molecular complexity index is 1660. The lowest BCUT2D eigenvalue weighted by molar-refractivity contribution is -0.137. The molecule has 39 heavy (non-hydrogen) atoms. The summed E-state index contributed by atoms with van der Waals surface area (Å²) in [6, 6.07) is 15.1. The molecule has 0 aliphatic rings. The summed E-state index contributed by atoms with van der Waals surface area (Å²) in [6.07, 6.45) is -3.31. The minimum atomic E-state index is -4.69. The first kappa shape index (κ1) is 25.9. The lowest BCUT2D eigenvalue weighted by atomic mass is 10.0. The number of aromatic nitrogens is 2. The maximum atomic E-state index is 14.1. The third-order valence-corrected chi connectivity index (χ3v) is 6.59. The molecule has 5 rings (SSSR count). The van der Waals surface area contributed by atoms with Crippen molar-refractivity contribution in [3.05, 3.63) is 95.4 Å². The van der Waals surface area contributed by atoms with Crippen LogP contribution in [0.3, 0.4) is 0 Å². The minimum absolute atomic E-state index is 0.215. The van der Waals surface area contributed by atoms with Crippen LogP contribution in [0.4, 0.5) is 39.5 Å². The Morgan fingerprint density at radius 3 is 2.54 bits per heavy atom. The van der Waals surface area contributed by atoms with Crippen LogP contribution in [-0.4, -0.2) is 16.0 Å². The Balaban J connectivity index is 1.44. The maximum absolute atomic E-state index is 14.1. The molecule has 2 amide bonds. The van der Waals surface area contributed by atoms with Crippen molar-refractivity contribution < 1.29 is 27.1 Å². The maximum Gasteiger partial charge on any atom is 0.416 e. The van der Waals surface area contributed by atoms with Gasteiger partial charge >= 0.3 is 12.2 Å². The van der Waals surface area contributed by atoms with Crippen LogP contribution in [-0.2, 0) is 12.8 Å². The largest absolute Gasteiger partial charge is 0.488 e. The lowest BCUT2D eigenvalue weighted by Gasteiger charge is -2.15. The molecule has 0 radical (unpaired) electrons. The molecule has 0 fully saturated rings. The van der Waals surface area contributed by atoms with E-state index in [1.54, 1.807) is 18.2 Å². The predicted octanol–water partition coefficient (Wildman–Crippen LogP) is 7.32. The van der Waals surface area contributed by atoms with Crippen LogP contribution in [0, 0.1) is 5.82 Å². The first-order valence-electron chi connectivity index (χ1n) is 11.4. The van der Waals surface area contributed by atoms with Crippen LogP contribution in [0.1, 0.15) is 11.1 Å². The summed E-state index contributed by atoms with van der Waals surface area (Å²) in [4.78, 5) is 21.6. The summed E-state index contributed by atoms with van der Waals surface area (Å²) in [7, 11) is 0. The number of hydrogen-bond donors (Lipinski definition) is 3. The number of anilines is 3. The highest BCUT2D eigenvalue weighted by Crippen LogP contribution is 2.41. The van der Waals surface area contributed by atoms with Crippen molar-refractivity contribution in [3.8, 4) is 16.9 Å². The first-order valence-corrected chi connectivity index (χ1v) is 12.3. The second-order valence-corrected chi connectivity index (χ2v) is 9.20. The zero-order chi connectivity index (χ0) is 27.6. The van der Waals surface area contributed by atoms with Crippen molar-refractivity contribution in [2.45, 2.75) is 12.8 Å². The van der Waals surface area contributed by atoms with E-state index in [2.05, 4.69) is 20.6 Å². The number of alkyl halides is 3. The van der Waals surface area contributed by atoms with Crippen LogP contribution in [0.5, 0.6) is 5.75 Å². The summed E-state index contributed by atoms with van der Waals surface area (Å²) >= 11 is 1.38. The van der Waals surface area contributed by atoms with Gasteiger partial charge in [-0.15, -0.1) is 11.3 Å². The number of nitrogen functional groups attached to an aromatic ring is 1. The van der Waals surface area contributed by atoms with Gasteiger partial charge in [-0.1, -0.05) is 30.3 Å². The number of rotatable bonds is 6. The molecular formula is C27H19F4N5O2S. The fourth-order valence-electron chi connectivity index (χ4n) is 3.86. The van der Waals surface area contributed by atoms with Gasteiger partial charge in [0.05, 0.1) is 16.6 Å². The molecule has 12 heteroatoms. The number of carbonyl (C=O) groups is 1. The number of amides is 2. The molecular weight excluding hydrogens is 534 g/mol. The SMILES string of the molecule is Nc1ncnc2scc(-c3ccc(NC(=O)Nc4cc(C(F)(F)F)ccc4F)cc3OCc3ccccc3)c12. The van der Waals surface area contributed by atoms with Gasteiger partial charge in [-0.05, 0) is 35.9 Å². The molecule has 3 aromatic carbocycles. The van der Waals surface area contributed by atoms with Gasteiger partial charge in [0.2, 0.25) is 0 Å². The Hall–Kier alpha value is -4.71. The number of benzene rings is 3. The van der Waals surface area contributed by atoms with Gasteiger partial charge in [-0.25, -0.2) is 19.2 Å². The smallest absolute Gasteiger partial charge is 0.416 e. The second kappa shape index (κ2) is 10.6. The molecule has 0 bridgehead atoms. The summed E-state index contributed by atoms with van der Waals surface area (Å²) < 4.78 is 59.3. The molecule has 4 N–H and O–H groups in total. The van der Waals surface area contributed by atoms with Crippen molar-refractivity contribution >= 4 is 44.8 Å². The van der Waals surface area contributed by atoms with Crippen LogP contribution in [0.2, 0.25) is 0 Å². The van der Waals surface area contributed by atoms with E-state index in [1.165, 1.54) is 17.7 Å². The van der Waals surface area contributed by atoms with Gasteiger partial charge in [0, 0.05) is 28.3 Å². The van der Waals surface area contributed by atoms with Gasteiger partial charge < -0.3 is 21.1 Å². The highest BCUT2D eigenvalue weighted by atomic mass is 32.1. The number of hydrogen-bond acceptors (Lipinski definition) is 6. The summed E-state index contributed by atoms with van der Waals surface area (Å²) in [5.41, 5.74) is 6.97. The van der Waals surface area contributed by atoms with E-state index in [0.717, 1.165) is 11.1 Å². The van der Waals surface area contributed by atoms with Gasteiger partial charge in [-0.3, -0.25) is 0 Å². The third kappa shape index (κ3) is 5.75. The second-order valence-electron chi connectivity index (χ2n) is 8.35. The fraction of sp³-hybridized carbons (Fsp3) is 0.0741. The number of nitrogens with two attached hydrogens (primary N) is 1. The topological polar surface area (TPSA) is 102 Å². The molecule has 0 unspecified atom stereocenters. The average molecular weight is 554 g/mol. The molecule has 0 spiro atoms. The molecule has 0 aliphatic heterocycles. The summed E-state index contributed by atoms with van der Waals surface area (Å²) in [5.74, 6) is -0.315. The van der Waals surface area contributed by atoms with Crippen molar-refractivity contribution in [3.63, 3.8) is 0 Å². The predicted molar refractivity (Wildman–Crippen MR) is 142 cm³/mol. The fourth-order valence-corrected chi connectivity index (χ4v) is 4.77. The number of urea groups is 1. The first-order chi connectivity index (χ1) is 18.7. The van der Waals surface area contributed by atoms with Gasteiger partial charge in [-0.2, -0.15) is 13.2 Å². The zero-order valence-electron chi connectivity index (χ0n) is 19.9. The van der Waals surface area contributed by atoms with Crippen LogP contribution in [0.25, 0.3) is 21.3 Å². The van der Waals surface area contributed by atoms with Crippen LogP contribution < -0.4 is 21.1 Å². The number of halogens is 4. The van der Waals surface area contributed by atoms with Gasteiger partial charge in [0.15, 0.2) is 0 Å². The summed E-state index contributed by atoms with van der Waals surface area (Å²) in [5, 5.41) is 7.17. The quantitative estimate of drug-likeness (QED) is 0.191. The van der Waals surface area contributed by atoms with Crippen LogP contribution >= 0.6 is 11.3 Å². The van der Waals surface area contributed by atoms with Gasteiger partial charge in [0.25, 0.3) is 0 Å². The van der Waals surface area contributed by atoms with Crippen LogP contribution in [0.15, 0.2) is 78.4 Å². The minimum Gasteiger partial charge on any atom is -0.488 e. The monoisotopic (exact) mass is 553 g/mol. The normalized spacial score (nSPS) is 11.4. The van der Waals surface area contributed by atoms with Crippen molar-refractivity contribution in [2.24, 2.45) is 0 Å². The Morgan fingerprint density at radius 1 is 0.974 bits per heavy atom. The number of nitrogens with zero attached hydrogens (tertiary/aromatic N) is 2. The van der Waals surface area contributed by atoms with E-state index < -0.39 is 29.3 Å². The van der Waals surface area contributed by atoms with Crippen molar-refractivity contribution in [1.82, 2.24) is 9.97 Å². The zero-order valence-corrected chi connectivity index (χ0v) is 20.7. The van der Waals surface area contributed by atoms with E-state index in [0.29, 0.717) is 45.5 Å². The number of fused-ring (bicyclic) bond motifs is 1. The average Bonchev–Trinajstić information content (AvgIpc) is 3.34. The Labute approximate surface area is 223 Å². The molecule has 198 valence electrons. The Morgan fingerprint density at radius 2 is 1.77 bits per heavy atom. The number of ether oxygens (including phenoxy) is 1. The molecule has 0 saturated heterocycles. The van der Waals surface area contributed by atoms with E-state index in [9.17, 15) is 22.4 Å². The highest BCUT2D eigenvalue weighted by molar-refractivity contribution is 7.17. The molecule has 2 aromatic heterocycles. The summed E-state index contributed by atoms with van der Waals surface area (Å²) in [6.45, 7) is 0.215. The van der Waals surface area contributed by atoms with E-state index >= 15 is 0 Å².